The lowest BCUT2D eigenvalue weighted by Gasteiger charge is -2.22. The molecule has 1 atom stereocenters. The fourth-order valence-electron chi connectivity index (χ4n) is 3.98. The number of hydrogen-bond donors (Lipinski definition) is 0. The number of nitrogens with zero attached hydrogens (tertiary/aromatic N) is 2. The minimum atomic E-state index is -0.659. The van der Waals surface area contributed by atoms with Crippen molar-refractivity contribution in [2.45, 2.75) is 33.7 Å². The number of thiazole rings is 1. The van der Waals surface area contributed by atoms with Crippen LogP contribution in [-0.2, 0) is 0 Å². The van der Waals surface area contributed by atoms with Crippen molar-refractivity contribution in [3.63, 3.8) is 0 Å². The molecule has 0 aliphatic carbocycles. The van der Waals surface area contributed by atoms with Gasteiger partial charge in [0.1, 0.15) is 5.58 Å². The first-order valence-corrected chi connectivity index (χ1v) is 11.1. The van der Waals surface area contributed by atoms with Crippen LogP contribution >= 0.6 is 22.9 Å². The highest BCUT2D eigenvalue weighted by molar-refractivity contribution is 7.15. The molecule has 0 saturated carbocycles. The summed E-state index contributed by atoms with van der Waals surface area (Å²) in [5.41, 5.74) is 4.11. The van der Waals surface area contributed by atoms with Gasteiger partial charge in [0.15, 0.2) is 10.6 Å². The van der Waals surface area contributed by atoms with Crippen LogP contribution in [0, 0.1) is 27.7 Å². The topological polar surface area (TPSA) is 63.4 Å². The summed E-state index contributed by atoms with van der Waals surface area (Å²) in [6, 6.07) is 10.2. The molecule has 1 aliphatic rings. The Morgan fingerprint density at radius 1 is 1.06 bits per heavy atom. The first-order valence-electron chi connectivity index (χ1n) is 9.87. The lowest BCUT2D eigenvalue weighted by molar-refractivity contribution is 0.0971. The highest BCUT2D eigenvalue weighted by Gasteiger charge is 2.45. The standard InChI is InChI=1S/C24H19ClN2O3S/c1-11-8-17-18(9-12(11)2)30-22-19(21(17)28)20(15-6-5-7-16(25)10-15)27(23(22)29)24-26-13(3)14(4)31-24/h5-10,20H,1-4H3. The number of hydrogen-bond acceptors (Lipinski definition) is 5. The smallest absolute Gasteiger partial charge is 0.297 e. The van der Waals surface area contributed by atoms with Crippen LogP contribution in [0.25, 0.3) is 11.0 Å². The molecule has 2 aromatic heterocycles. The number of benzene rings is 2. The van der Waals surface area contributed by atoms with E-state index in [0.717, 1.165) is 27.3 Å². The predicted octanol–water partition coefficient (Wildman–Crippen LogP) is 5.89. The summed E-state index contributed by atoms with van der Waals surface area (Å²) in [6.07, 6.45) is 0. The molecule has 1 amide bonds. The highest BCUT2D eigenvalue weighted by atomic mass is 35.5. The molecule has 156 valence electrons. The maximum Gasteiger partial charge on any atom is 0.297 e. The van der Waals surface area contributed by atoms with Crippen molar-refractivity contribution in [1.29, 1.82) is 0 Å². The Balaban J connectivity index is 1.84. The van der Waals surface area contributed by atoms with Crippen molar-refractivity contribution in [3.05, 3.63) is 90.2 Å². The number of aromatic nitrogens is 1. The van der Waals surface area contributed by atoms with Crippen molar-refractivity contribution < 1.29 is 9.21 Å². The van der Waals surface area contributed by atoms with E-state index in [2.05, 4.69) is 4.98 Å². The summed E-state index contributed by atoms with van der Waals surface area (Å²) < 4.78 is 6.06. The molecule has 0 fully saturated rings. The molecule has 5 nitrogen and oxygen atoms in total. The van der Waals surface area contributed by atoms with Gasteiger partial charge in [0, 0.05) is 9.90 Å². The summed E-state index contributed by atoms with van der Waals surface area (Å²) >= 11 is 7.69. The maximum absolute atomic E-state index is 13.7. The van der Waals surface area contributed by atoms with Crippen molar-refractivity contribution in [3.8, 4) is 0 Å². The number of anilines is 1. The molecule has 0 N–H and O–H groups in total. The Kier molecular flexibility index (Phi) is 4.53. The molecule has 1 unspecified atom stereocenters. The Bertz CT molecular complexity index is 1430. The Labute approximate surface area is 187 Å². The molecule has 0 spiro atoms. The molecule has 0 bridgehead atoms. The van der Waals surface area contributed by atoms with Crippen LogP contribution in [0.1, 0.15) is 49.4 Å². The van der Waals surface area contributed by atoms with E-state index in [1.165, 1.54) is 11.3 Å². The molecule has 7 heteroatoms. The fourth-order valence-corrected chi connectivity index (χ4v) is 5.11. The number of amides is 1. The van der Waals surface area contributed by atoms with E-state index in [1.54, 1.807) is 17.0 Å². The lowest BCUT2D eigenvalue weighted by atomic mass is 9.97. The average Bonchev–Trinajstić information content (AvgIpc) is 3.20. The molecule has 0 saturated heterocycles. The fraction of sp³-hybridized carbons (Fsp3) is 0.208. The van der Waals surface area contributed by atoms with Crippen LogP contribution in [0.4, 0.5) is 5.13 Å². The zero-order valence-corrected chi connectivity index (χ0v) is 19.0. The maximum atomic E-state index is 13.7. The van der Waals surface area contributed by atoms with Gasteiger partial charge in [0.25, 0.3) is 5.91 Å². The van der Waals surface area contributed by atoms with Crippen LogP contribution in [0.3, 0.4) is 0 Å². The van der Waals surface area contributed by atoms with Gasteiger partial charge in [-0.1, -0.05) is 23.7 Å². The molecule has 5 rings (SSSR count). The molecule has 2 aromatic carbocycles. The molecular weight excluding hydrogens is 432 g/mol. The predicted molar refractivity (Wildman–Crippen MR) is 124 cm³/mol. The van der Waals surface area contributed by atoms with Gasteiger partial charge in [-0.25, -0.2) is 4.98 Å². The zero-order valence-electron chi connectivity index (χ0n) is 17.4. The largest absolute Gasteiger partial charge is 0.450 e. The zero-order chi connectivity index (χ0) is 22.0. The van der Waals surface area contributed by atoms with Gasteiger partial charge in [0.05, 0.1) is 22.7 Å². The molecule has 31 heavy (non-hydrogen) atoms. The Morgan fingerprint density at radius 3 is 2.48 bits per heavy atom. The number of fused-ring (bicyclic) bond motifs is 2. The summed E-state index contributed by atoms with van der Waals surface area (Å²) in [6.45, 7) is 7.77. The highest BCUT2D eigenvalue weighted by Crippen LogP contribution is 2.43. The summed E-state index contributed by atoms with van der Waals surface area (Å²) in [5.74, 6) is -0.304. The lowest BCUT2D eigenvalue weighted by Crippen LogP contribution is -2.29. The van der Waals surface area contributed by atoms with Crippen LogP contribution in [0.2, 0.25) is 5.02 Å². The van der Waals surface area contributed by atoms with E-state index in [9.17, 15) is 9.59 Å². The van der Waals surface area contributed by atoms with Crippen molar-refractivity contribution in [2.75, 3.05) is 4.90 Å². The van der Waals surface area contributed by atoms with Gasteiger partial charge in [-0.3, -0.25) is 14.5 Å². The van der Waals surface area contributed by atoms with Crippen LogP contribution < -0.4 is 10.3 Å². The van der Waals surface area contributed by atoms with Gasteiger partial charge < -0.3 is 4.42 Å². The second-order valence-corrected chi connectivity index (χ2v) is 9.50. The monoisotopic (exact) mass is 450 g/mol. The average molecular weight is 451 g/mol. The SMILES string of the molecule is Cc1cc2oc3c(c(=O)c2cc1C)C(c1cccc(Cl)c1)N(c1nc(C)c(C)s1)C3=O. The molecule has 3 heterocycles. The van der Waals surface area contributed by atoms with E-state index in [-0.39, 0.29) is 17.1 Å². The normalized spacial score (nSPS) is 15.7. The number of carbonyl (C=O) groups is 1. The van der Waals surface area contributed by atoms with E-state index in [0.29, 0.717) is 26.7 Å². The summed E-state index contributed by atoms with van der Waals surface area (Å²) in [7, 11) is 0. The first-order chi connectivity index (χ1) is 14.8. The number of rotatable bonds is 2. The van der Waals surface area contributed by atoms with Gasteiger partial charge in [-0.05, 0) is 68.7 Å². The number of aryl methyl sites for hydroxylation is 4. The summed E-state index contributed by atoms with van der Waals surface area (Å²) in [5, 5.41) is 1.53. The Hall–Kier alpha value is -2.96. The minimum absolute atomic E-state index is 0.0660. The van der Waals surface area contributed by atoms with Gasteiger partial charge in [0.2, 0.25) is 5.76 Å². The molecule has 0 radical (unpaired) electrons. The van der Waals surface area contributed by atoms with Gasteiger partial charge >= 0.3 is 0 Å². The third-order valence-electron chi connectivity index (χ3n) is 5.87. The van der Waals surface area contributed by atoms with Crippen molar-refractivity contribution in [2.24, 2.45) is 0 Å². The molecule has 1 aliphatic heterocycles. The summed E-state index contributed by atoms with van der Waals surface area (Å²) in [4.78, 5) is 34.4. The first kappa shape index (κ1) is 20.0. The second-order valence-electron chi connectivity index (χ2n) is 7.88. The van der Waals surface area contributed by atoms with Gasteiger partial charge in [-0.15, -0.1) is 11.3 Å². The molecular formula is C24H19ClN2O3S. The van der Waals surface area contributed by atoms with Crippen molar-refractivity contribution in [1.82, 2.24) is 4.98 Å². The van der Waals surface area contributed by atoms with Crippen LogP contribution in [0.5, 0.6) is 0 Å². The van der Waals surface area contributed by atoms with Crippen LogP contribution in [0.15, 0.2) is 45.6 Å². The minimum Gasteiger partial charge on any atom is -0.450 e. The Morgan fingerprint density at radius 2 is 1.81 bits per heavy atom. The molecule has 4 aromatic rings. The van der Waals surface area contributed by atoms with Crippen molar-refractivity contribution >= 4 is 44.9 Å². The van der Waals surface area contributed by atoms with E-state index in [4.69, 9.17) is 16.0 Å². The third-order valence-corrected chi connectivity index (χ3v) is 7.18. The van der Waals surface area contributed by atoms with Gasteiger partial charge in [-0.2, -0.15) is 0 Å². The van der Waals surface area contributed by atoms with E-state index in [1.807, 2.05) is 52.0 Å². The van der Waals surface area contributed by atoms with Crippen LogP contribution in [-0.4, -0.2) is 10.9 Å². The van der Waals surface area contributed by atoms with E-state index >= 15 is 0 Å². The number of halogens is 1. The second kappa shape index (κ2) is 7.04. The number of carbonyl (C=O) groups excluding carboxylic acids is 1. The quantitative estimate of drug-likeness (QED) is 0.382. The third kappa shape index (κ3) is 3.01. The van der Waals surface area contributed by atoms with E-state index < -0.39 is 6.04 Å².